The van der Waals surface area contributed by atoms with Crippen LogP contribution in [0.3, 0.4) is 0 Å². The van der Waals surface area contributed by atoms with E-state index in [1.165, 1.54) is 0 Å². The van der Waals surface area contributed by atoms with Gasteiger partial charge in [0.25, 0.3) is 0 Å². The smallest absolute Gasteiger partial charge is 0.210 e. The van der Waals surface area contributed by atoms with Gasteiger partial charge in [0, 0.05) is 13.2 Å². The highest BCUT2D eigenvalue weighted by atomic mass is 16.5. The summed E-state index contributed by atoms with van der Waals surface area (Å²) >= 11 is 0. The summed E-state index contributed by atoms with van der Waals surface area (Å²) in [7, 11) is 3.84. The van der Waals surface area contributed by atoms with Gasteiger partial charge in [-0.15, -0.1) is 0 Å². The summed E-state index contributed by atoms with van der Waals surface area (Å²) in [6.45, 7) is 7.08. The normalized spacial score (nSPS) is 20.5. The summed E-state index contributed by atoms with van der Waals surface area (Å²) in [4.78, 5) is 15.7. The second-order valence-electron chi connectivity index (χ2n) is 5.35. The largest absolute Gasteiger partial charge is 0.383 e. The van der Waals surface area contributed by atoms with Crippen LogP contribution in [0, 0.1) is 5.92 Å². The van der Waals surface area contributed by atoms with Crippen molar-refractivity contribution in [3.63, 3.8) is 0 Å². The molecule has 0 aromatic rings. The van der Waals surface area contributed by atoms with E-state index in [0.717, 1.165) is 32.3 Å². The SMILES string of the molecule is COCC(C(C)C)N(C=O)C1CCN(C)CC1. The van der Waals surface area contributed by atoms with E-state index in [1.807, 2.05) is 4.90 Å². The average Bonchev–Trinajstić information content (AvgIpc) is 2.31. The van der Waals surface area contributed by atoms with Gasteiger partial charge in [0.05, 0.1) is 12.6 Å². The van der Waals surface area contributed by atoms with Crippen LogP contribution in [0.15, 0.2) is 0 Å². The van der Waals surface area contributed by atoms with Gasteiger partial charge in [-0.2, -0.15) is 0 Å². The Balaban J connectivity index is 2.64. The van der Waals surface area contributed by atoms with Crippen molar-refractivity contribution in [1.82, 2.24) is 9.80 Å². The Morgan fingerprint density at radius 3 is 2.41 bits per heavy atom. The summed E-state index contributed by atoms with van der Waals surface area (Å²) in [5.74, 6) is 0.430. The minimum absolute atomic E-state index is 0.200. The lowest BCUT2D eigenvalue weighted by atomic mass is 9.97. The summed E-state index contributed by atoms with van der Waals surface area (Å²) < 4.78 is 5.25. The third-order valence-corrected chi connectivity index (χ3v) is 3.72. The van der Waals surface area contributed by atoms with Crippen LogP contribution in [0.2, 0.25) is 0 Å². The molecule has 1 amide bonds. The van der Waals surface area contributed by atoms with Crippen molar-refractivity contribution in [2.24, 2.45) is 5.92 Å². The van der Waals surface area contributed by atoms with E-state index in [4.69, 9.17) is 4.74 Å². The fourth-order valence-corrected chi connectivity index (χ4v) is 2.52. The number of likely N-dealkylation sites (tertiary alicyclic amines) is 1. The van der Waals surface area contributed by atoms with Crippen molar-refractivity contribution in [3.8, 4) is 0 Å². The molecule has 0 N–H and O–H groups in total. The van der Waals surface area contributed by atoms with E-state index in [2.05, 4.69) is 25.8 Å². The molecule has 0 saturated carbocycles. The molecule has 0 aromatic carbocycles. The number of nitrogens with zero attached hydrogens (tertiary/aromatic N) is 2. The molecule has 17 heavy (non-hydrogen) atoms. The Kier molecular flexibility index (Phi) is 5.92. The van der Waals surface area contributed by atoms with Crippen molar-refractivity contribution in [2.45, 2.75) is 38.8 Å². The molecule has 100 valence electrons. The predicted octanol–water partition coefficient (Wildman–Crippen LogP) is 1.21. The zero-order chi connectivity index (χ0) is 12.8. The number of amides is 1. The maximum absolute atomic E-state index is 11.4. The standard InChI is InChI=1S/C13H26N2O2/c1-11(2)13(9-17-4)15(10-16)12-5-7-14(3)8-6-12/h10-13H,5-9H2,1-4H3. The number of rotatable bonds is 6. The van der Waals surface area contributed by atoms with E-state index in [1.54, 1.807) is 7.11 Å². The van der Waals surface area contributed by atoms with Gasteiger partial charge in [-0.25, -0.2) is 0 Å². The van der Waals surface area contributed by atoms with E-state index < -0.39 is 0 Å². The molecule has 0 radical (unpaired) electrons. The van der Waals surface area contributed by atoms with E-state index >= 15 is 0 Å². The van der Waals surface area contributed by atoms with Gasteiger partial charge in [0.1, 0.15) is 0 Å². The fourth-order valence-electron chi connectivity index (χ4n) is 2.52. The minimum Gasteiger partial charge on any atom is -0.383 e. The van der Waals surface area contributed by atoms with Crippen molar-refractivity contribution >= 4 is 6.41 Å². The van der Waals surface area contributed by atoms with Crippen molar-refractivity contribution < 1.29 is 9.53 Å². The van der Waals surface area contributed by atoms with Gasteiger partial charge in [-0.3, -0.25) is 4.79 Å². The van der Waals surface area contributed by atoms with E-state index in [-0.39, 0.29) is 6.04 Å². The monoisotopic (exact) mass is 242 g/mol. The first-order chi connectivity index (χ1) is 8.10. The highest BCUT2D eigenvalue weighted by molar-refractivity contribution is 5.48. The molecule has 1 aliphatic heterocycles. The lowest BCUT2D eigenvalue weighted by Crippen LogP contribution is -2.51. The van der Waals surface area contributed by atoms with Gasteiger partial charge in [-0.1, -0.05) is 13.8 Å². The lowest BCUT2D eigenvalue weighted by molar-refractivity contribution is -0.126. The third-order valence-electron chi connectivity index (χ3n) is 3.72. The van der Waals surface area contributed by atoms with Crippen LogP contribution in [-0.4, -0.2) is 62.1 Å². The summed E-state index contributed by atoms with van der Waals surface area (Å²) in [5, 5.41) is 0. The molecule has 4 nitrogen and oxygen atoms in total. The van der Waals surface area contributed by atoms with Gasteiger partial charge in [0.2, 0.25) is 6.41 Å². The van der Waals surface area contributed by atoms with Gasteiger partial charge in [-0.05, 0) is 38.9 Å². The number of ether oxygens (including phenoxy) is 1. The minimum atomic E-state index is 0.200. The first-order valence-electron chi connectivity index (χ1n) is 6.50. The number of piperidine rings is 1. The Hall–Kier alpha value is -0.610. The topological polar surface area (TPSA) is 32.8 Å². The Morgan fingerprint density at radius 2 is 2.00 bits per heavy atom. The molecule has 1 saturated heterocycles. The molecule has 1 heterocycles. The molecule has 1 fully saturated rings. The number of methoxy groups -OCH3 is 1. The van der Waals surface area contributed by atoms with Crippen LogP contribution in [0.25, 0.3) is 0 Å². The quantitative estimate of drug-likeness (QED) is 0.656. The first kappa shape index (κ1) is 14.5. The van der Waals surface area contributed by atoms with Crippen LogP contribution >= 0.6 is 0 Å². The van der Waals surface area contributed by atoms with Crippen molar-refractivity contribution in [2.75, 3.05) is 33.9 Å². The molecule has 1 atom stereocenters. The van der Waals surface area contributed by atoms with Crippen LogP contribution in [0.5, 0.6) is 0 Å². The first-order valence-corrected chi connectivity index (χ1v) is 6.50. The van der Waals surface area contributed by atoms with Crippen LogP contribution < -0.4 is 0 Å². The van der Waals surface area contributed by atoms with Gasteiger partial charge in [0.15, 0.2) is 0 Å². The Morgan fingerprint density at radius 1 is 1.41 bits per heavy atom. The number of hydrogen-bond acceptors (Lipinski definition) is 3. The van der Waals surface area contributed by atoms with E-state index in [9.17, 15) is 4.79 Å². The maximum atomic E-state index is 11.4. The second kappa shape index (κ2) is 6.97. The third kappa shape index (κ3) is 3.96. The Bertz CT molecular complexity index is 225. The molecule has 0 aliphatic carbocycles. The highest BCUT2D eigenvalue weighted by Gasteiger charge is 2.29. The van der Waals surface area contributed by atoms with E-state index in [0.29, 0.717) is 18.6 Å². The predicted molar refractivity (Wildman–Crippen MR) is 68.9 cm³/mol. The lowest BCUT2D eigenvalue weighted by Gasteiger charge is -2.40. The molecule has 1 rings (SSSR count). The Labute approximate surface area is 105 Å². The second-order valence-corrected chi connectivity index (χ2v) is 5.35. The van der Waals surface area contributed by atoms with Crippen molar-refractivity contribution in [1.29, 1.82) is 0 Å². The molecule has 0 bridgehead atoms. The molecule has 1 unspecified atom stereocenters. The fraction of sp³-hybridized carbons (Fsp3) is 0.923. The molecule has 0 spiro atoms. The average molecular weight is 242 g/mol. The van der Waals surface area contributed by atoms with Crippen LogP contribution in [-0.2, 0) is 9.53 Å². The molecular formula is C13H26N2O2. The number of carbonyl (C=O) groups excluding carboxylic acids is 1. The summed E-state index contributed by atoms with van der Waals surface area (Å²) in [6.07, 6.45) is 3.16. The zero-order valence-corrected chi connectivity index (χ0v) is 11.6. The number of hydrogen-bond donors (Lipinski definition) is 0. The molecule has 4 heteroatoms. The summed E-state index contributed by atoms with van der Waals surface area (Å²) in [5.41, 5.74) is 0. The van der Waals surface area contributed by atoms with Gasteiger partial charge >= 0.3 is 0 Å². The highest BCUT2D eigenvalue weighted by Crippen LogP contribution is 2.20. The van der Waals surface area contributed by atoms with Crippen LogP contribution in [0.4, 0.5) is 0 Å². The maximum Gasteiger partial charge on any atom is 0.210 e. The molecule has 1 aliphatic rings. The molecule has 0 aromatic heterocycles. The van der Waals surface area contributed by atoms with Crippen LogP contribution in [0.1, 0.15) is 26.7 Å². The van der Waals surface area contributed by atoms with Gasteiger partial charge < -0.3 is 14.5 Å². The van der Waals surface area contributed by atoms with Crippen molar-refractivity contribution in [3.05, 3.63) is 0 Å². The number of carbonyl (C=O) groups is 1. The molecular weight excluding hydrogens is 216 g/mol. The summed E-state index contributed by atoms with van der Waals surface area (Å²) in [6, 6.07) is 0.581. The zero-order valence-electron chi connectivity index (χ0n) is 11.6.